The Morgan fingerprint density at radius 2 is 2.08 bits per heavy atom. The van der Waals surface area contributed by atoms with Crippen LogP contribution in [0.3, 0.4) is 0 Å². The van der Waals surface area contributed by atoms with Crippen molar-refractivity contribution in [2.75, 3.05) is 6.54 Å². The van der Waals surface area contributed by atoms with Crippen molar-refractivity contribution in [3.8, 4) is 0 Å². The Bertz CT molecular complexity index is 204. The summed E-state index contributed by atoms with van der Waals surface area (Å²) >= 11 is 0. The number of piperidine rings is 1. The van der Waals surface area contributed by atoms with Gasteiger partial charge < -0.3 is 10.4 Å². The number of hydrogen-bond donors (Lipinski definition) is 2. The van der Waals surface area contributed by atoms with Crippen molar-refractivity contribution >= 4 is 5.97 Å². The second-order valence-electron chi connectivity index (χ2n) is 3.11. The van der Waals surface area contributed by atoms with Crippen LogP contribution in [0.15, 0.2) is 0 Å². The van der Waals surface area contributed by atoms with Crippen LogP contribution in [0.25, 0.3) is 0 Å². The van der Waals surface area contributed by atoms with E-state index in [1.54, 1.807) is 0 Å². The van der Waals surface area contributed by atoms with E-state index in [-0.39, 0.29) is 19.4 Å². The summed E-state index contributed by atoms with van der Waals surface area (Å²) in [5.41, 5.74) is 0. The van der Waals surface area contributed by atoms with Gasteiger partial charge in [0.05, 0.1) is 5.92 Å². The molecule has 0 aromatic carbocycles. The third kappa shape index (κ3) is 2.58. The first-order chi connectivity index (χ1) is 5.91. The van der Waals surface area contributed by atoms with E-state index in [2.05, 4.69) is 5.32 Å². The van der Waals surface area contributed by atoms with Crippen LogP contribution in [-0.4, -0.2) is 29.8 Å². The molecule has 1 fully saturated rings. The predicted octanol–water partition coefficient (Wildman–Crippen LogP) is 1.00. The minimum atomic E-state index is -4.27. The quantitative estimate of drug-likeness (QED) is 0.659. The molecule has 1 heterocycles. The molecule has 13 heavy (non-hydrogen) atoms. The number of nitrogens with one attached hydrogen (secondary N) is 1. The lowest BCUT2D eigenvalue weighted by atomic mass is 9.92. The van der Waals surface area contributed by atoms with E-state index in [0.717, 1.165) is 0 Å². The molecular formula is C7H10F3NO2. The number of hydrogen-bond acceptors (Lipinski definition) is 2. The molecule has 0 aromatic rings. The lowest BCUT2D eigenvalue weighted by molar-refractivity contribution is -0.184. The van der Waals surface area contributed by atoms with Gasteiger partial charge in [0, 0.05) is 0 Å². The van der Waals surface area contributed by atoms with Crippen molar-refractivity contribution in [3.05, 3.63) is 0 Å². The minimum Gasteiger partial charge on any atom is -0.480 e. The van der Waals surface area contributed by atoms with Crippen LogP contribution in [0.4, 0.5) is 13.2 Å². The average Bonchev–Trinajstić information content (AvgIpc) is 2.03. The summed E-state index contributed by atoms with van der Waals surface area (Å²) in [6.45, 7) is 0.112. The highest BCUT2D eigenvalue weighted by Crippen LogP contribution is 2.33. The van der Waals surface area contributed by atoms with Gasteiger partial charge >= 0.3 is 12.1 Å². The number of rotatable bonds is 1. The Morgan fingerprint density at radius 1 is 1.46 bits per heavy atom. The number of carbonyl (C=O) groups is 1. The Hall–Kier alpha value is -0.780. The second kappa shape index (κ2) is 3.53. The Balaban J connectivity index is 2.57. The van der Waals surface area contributed by atoms with Crippen molar-refractivity contribution in [2.24, 2.45) is 5.92 Å². The SMILES string of the molecule is O=C(O)C1CC(C(F)(F)F)CCN1. The monoisotopic (exact) mass is 197 g/mol. The fraction of sp³-hybridized carbons (Fsp3) is 0.857. The summed E-state index contributed by atoms with van der Waals surface area (Å²) in [6, 6.07) is -1.06. The summed E-state index contributed by atoms with van der Waals surface area (Å²) < 4.78 is 36.5. The molecular weight excluding hydrogens is 187 g/mol. The normalized spacial score (nSPS) is 30.1. The van der Waals surface area contributed by atoms with Crippen molar-refractivity contribution in [3.63, 3.8) is 0 Å². The molecule has 0 aliphatic carbocycles. The zero-order chi connectivity index (χ0) is 10.1. The van der Waals surface area contributed by atoms with Crippen LogP contribution in [-0.2, 0) is 4.79 Å². The predicted molar refractivity (Wildman–Crippen MR) is 38.2 cm³/mol. The maximum Gasteiger partial charge on any atom is 0.391 e. The molecule has 2 atom stereocenters. The van der Waals surface area contributed by atoms with Gasteiger partial charge in [0.1, 0.15) is 6.04 Å². The number of carboxylic acid groups (broad SMARTS) is 1. The van der Waals surface area contributed by atoms with E-state index in [0.29, 0.717) is 0 Å². The molecule has 2 unspecified atom stereocenters. The average molecular weight is 197 g/mol. The van der Waals surface area contributed by atoms with Crippen LogP contribution in [0, 0.1) is 5.92 Å². The first-order valence-corrected chi connectivity index (χ1v) is 3.94. The van der Waals surface area contributed by atoms with Crippen LogP contribution in [0.5, 0.6) is 0 Å². The third-order valence-corrected chi connectivity index (χ3v) is 2.16. The fourth-order valence-corrected chi connectivity index (χ4v) is 1.40. The van der Waals surface area contributed by atoms with Gasteiger partial charge in [0.2, 0.25) is 0 Å². The van der Waals surface area contributed by atoms with Gasteiger partial charge in [-0.1, -0.05) is 0 Å². The molecule has 0 amide bonds. The van der Waals surface area contributed by atoms with E-state index in [1.807, 2.05) is 0 Å². The van der Waals surface area contributed by atoms with Gasteiger partial charge in [-0.3, -0.25) is 4.79 Å². The van der Waals surface area contributed by atoms with Gasteiger partial charge in [-0.25, -0.2) is 0 Å². The van der Waals surface area contributed by atoms with Crippen LogP contribution < -0.4 is 5.32 Å². The Morgan fingerprint density at radius 3 is 2.54 bits per heavy atom. The molecule has 0 bridgehead atoms. The zero-order valence-corrected chi connectivity index (χ0v) is 6.77. The fourth-order valence-electron chi connectivity index (χ4n) is 1.40. The van der Waals surface area contributed by atoms with Crippen molar-refractivity contribution in [1.29, 1.82) is 0 Å². The highest BCUT2D eigenvalue weighted by atomic mass is 19.4. The summed E-state index contributed by atoms with van der Waals surface area (Å²) in [4.78, 5) is 10.4. The Labute approximate surface area is 72.9 Å². The second-order valence-corrected chi connectivity index (χ2v) is 3.11. The van der Waals surface area contributed by atoms with E-state index >= 15 is 0 Å². The van der Waals surface area contributed by atoms with Gasteiger partial charge in [-0.2, -0.15) is 13.2 Å². The molecule has 0 aromatic heterocycles. The molecule has 1 aliphatic heterocycles. The highest BCUT2D eigenvalue weighted by Gasteiger charge is 2.43. The zero-order valence-electron chi connectivity index (χ0n) is 6.77. The molecule has 2 N–H and O–H groups in total. The first kappa shape index (κ1) is 10.3. The third-order valence-electron chi connectivity index (χ3n) is 2.16. The molecule has 1 rings (SSSR count). The van der Waals surface area contributed by atoms with Crippen molar-refractivity contribution in [2.45, 2.75) is 25.1 Å². The minimum absolute atomic E-state index is 0.0344. The van der Waals surface area contributed by atoms with E-state index in [1.165, 1.54) is 0 Å². The molecule has 1 saturated heterocycles. The molecule has 76 valence electrons. The maximum absolute atomic E-state index is 12.2. The molecule has 0 spiro atoms. The topological polar surface area (TPSA) is 49.3 Å². The first-order valence-electron chi connectivity index (χ1n) is 3.94. The largest absolute Gasteiger partial charge is 0.480 e. The smallest absolute Gasteiger partial charge is 0.391 e. The van der Waals surface area contributed by atoms with E-state index in [4.69, 9.17) is 5.11 Å². The van der Waals surface area contributed by atoms with Gasteiger partial charge in [0.15, 0.2) is 0 Å². The maximum atomic E-state index is 12.2. The van der Waals surface area contributed by atoms with E-state index in [9.17, 15) is 18.0 Å². The highest BCUT2D eigenvalue weighted by molar-refractivity contribution is 5.73. The van der Waals surface area contributed by atoms with Gasteiger partial charge in [-0.15, -0.1) is 0 Å². The molecule has 6 heteroatoms. The van der Waals surface area contributed by atoms with Gasteiger partial charge in [-0.05, 0) is 19.4 Å². The van der Waals surface area contributed by atoms with Crippen LogP contribution in [0.2, 0.25) is 0 Å². The van der Waals surface area contributed by atoms with Crippen molar-refractivity contribution < 1.29 is 23.1 Å². The lowest BCUT2D eigenvalue weighted by Gasteiger charge is -2.29. The number of alkyl halides is 3. The molecule has 3 nitrogen and oxygen atoms in total. The Kier molecular flexibility index (Phi) is 2.80. The summed E-state index contributed by atoms with van der Waals surface area (Å²) in [5, 5.41) is 11.0. The molecule has 1 aliphatic rings. The lowest BCUT2D eigenvalue weighted by Crippen LogP contribution is -2.46. The van der Waals surface area contributed by atoms with Crippen LogP contribution in [0.1, 0.15) is 12.8 Å². The standard InChI is InChI=1S/C7H10F3NO2/c8-7(9,10)4-1-2-11-5(3-4)6(12)13/h4-5,11H,1-3H2,(H,12,13). The number of aliphatic carboxylic acids is 1. The summed E-state index contributed by atoms with van der Waals surface area (Å²) in [5.74, 6) is -2.69. The number of carboxylic acids is 1. The molecule has 0 saturated carbocycles. The number of halogens is 3. The van der Waals surface area contributed by atoms with Crippen molar-refractivity contribution in [1.82, 2.24) is 5.32 Å². The molecule has 0 radical (unpaired) electrons. The van der Waals surface area contributed by atoms with Crippen LogP contribution >= 0.6 is 0 Å². The summed E-state index contributed by atoms with van der Waals surface area (Å²) in [7, 11) is 0. The van der Waals surface area contributed by atoms with E-state index < -0.39 is 24.1 Å². The summed E-state index contributed by atoms with van der Waals surface area (Å²) in [6.07, 6.45) is -4.66. The van der Waals surface area contributed by atoms with Gasteiger partial charge in [0.25, 0.3) is 0 Å².